The Morgan fingerprint density at radius 1 is 0.792 bits per heavy atom. The molecule has 2 atom stereocenters. The molecule has 1 saturated carbocycles. The van der Waals surface area contributed by atoms with Crippen LogP contribution < -0.4 is 0 Å². The zero-order valence-corrected chi connectivity index (χ0v) is 17.1. The third kappa shape index (κ3) is 5.77. The molecule has 0 saturated heterocycles. The summed E-state index contributed by atoms with van der Waals surface area (Å²) in [7, 11) is 0. The third-order valence-electron chi connectivity index (χ3n) is 4.65. The Balaban J connectivity index is 0.00000144. The van der Waals surface area contributed by atoms with E-state index < -0.39 is 0 Å². The number of benzene rings is 2. The third-order valence-corrected chi connectivity index (χ3v) is 4.65. The minimum Gasteiger partial charge on any atom is -0.686 e. The predicted octanol–water partition coefficient (Wildman–Crippen LogP) is 6.47. The number of para-hydroxylation sites is 2. The first-order chi connectivity index (χ1) is 10.8. The summed E-state index contributed by atoms with van der Waals surface area (Å²) in [6.07, 6.45) is 2.49. The van der Waals surface area contributed by atoms with Crippen molar-refractivity contribution >= 4 is 11.4 Å². The van der Waals surface area contributed by atoms with Crippen LogP contribution in [-0.2, 0) is 26.2 Å². The second-order valence-corrected chi connectivity index (χ2v) is 6.07. The van der Waals surface area contributed by atoms with Crippen molar-refractivity contribution in [2.75, 3.05) is 13.1 Å². The molecule has 1 aliphatic carbocycles. The van der Waals surface area contributed by atoms with Gasteiger partial charge in [0, 0.05) is 0 Å². The molecule has 2 aromatic carbocycles. The number of hydrogen-bond acceptors (Lipinski definition) is 0. The Morgan fingerprint density at radius 2 is 1.17 bits per heavy atom. The molecule has 3 heteroatoms. The molecule has 1 fully saturated rings. The summed E-state index contributed by atoms with van der Waals surface area (Å²) in [4.78, 5) is 0. The van der Waals surface area contributed by atoms with Gasteiger partial charge in [-0.15, -0.1) is 11.4 Å². The maximum Gasteiger partial charge on any atom is 4.00 e. The summed E-state index contributed by atoms with van der Waals surface area (Å²) < 4.78 is 0. The zero-order chi connectivity index (χ0) is 15.2. The minimum absolute atomic E-state index is 0. The molecule has 0 spiro atoms. The van der Waals surface area contributed by atoms with Gasteiger partial charge in [0.15, 0.2) is 0 Å². The van der Waals surface area contributed by atoms with Crippen molar-refractivity contribution in [2.45, 2.75) is 19.8 Å². The van der Waals surface area contributed by atoms with Gasteiger partial charge in [0.05, 0.1) is 0 Å². The van der Waals surface area contributed by atoms with Crippen LogP contribution in [0.4, 0.5) is 11.4 Å². The van der Waals surface area contributed by atoms with Crippen molar-refractivity contribution in [3.05, 3.63) is 84.6 Å². The van der Waals surface area contributed by atoms with Crippen LogP contribution in [0.1, 0.15) is 19.8 Å². The van der Waals surface area contributed by atoms with E-state index in [1.165, 1.54) is 12.8 Å². The fourth-order valence-corrected chi connectivity index (χ4v) is 3.16. The van der Waals surface area contributed by atoms with E-state index in [1.54, 1.807) is 5.92 Å². The number of rotatable bonds is 6. The Labute approximate surface area is 166 Å². The van der Waals surface area contributed by atoms with Gasteiger partial charge in [-0.3, -0.25) is 0 Å². The summed E-state index contributed by atoms with van der Waals surface area (Å²) in [5.41, 5.74) is 2.18. The van der Waals surface area contributed by atoms with Crippen LogP contribution in [0.25, 0.3) is 10.6 Å². The van der Waals surface area contributed by atoms with Gasteiger partial charge < -0.3 is 24.0 Å². The van der Waals surface area contributed by atoms with E-state index in [2.05, 4.69) is 31.2 Å². The Kier molecular flexibility index (Phi) is 9.36. The van der Waals surface area contributed by atoms with Gasteiger partial charge in [-0.05, 0) is 0 Å². The van der Waals surface area contributed by atoms with E-state index in [4.69, 9.17) is 10.6 Å². The molecule has 1 aliphatic rings. The molecule has 0 aromatic heterocycles. The largest absolute Gasteiger partial charge is 4.00 e. The van der Waals surface area contributed by atoms with Crippen molar-refractivity contribution in [2.24, 2.45) is 11.8 Å². The van der Waals surface area contributed by atoms with Gasteiger partial charge in [-0.2, -0.15) is 31.8 Å². The maximum atomic E-state index is 4.74. The van der Waals surface area contributed by atoms with E-state index in [9.17, 15) is 0 Å². The Hall–Kier alpha value is -1.08. The smallest absolute Gasteiger partial charge is 0.686 e. The quantitative estimate of drug-likeness (QED) is 0.500. The molecule has 0 heterocycles. The Morgan fingerprint density at radius 3 is 1.54 bits per heavy atom. The van der Waals surface area contributed by atoms with Crippen molar-refractivity contribution in [3.63, 3.8) is 0 Å². The molecule has 0 aliphatic heterocycles. The Bertz CT molecular complexity index is 507. The standard InChI is InChI=1S/C20H23N2.CH3.Zr/c1-16-17(14-21-19-8-4-2-5-9-19)12-13-18(16)15-22-20-10-6-3-7-11-20;;/h2-11,17-18H,12-15H2,1H3;1H3;/q-3;-1;+4. The topological polar surface area (TPSA) is 28.2 Å². The van der Waals surface area contributed by atoms with E-state index in [-0.39, 0.29) is 33.6 Å². The fraction of sp³-hybridized carbons (Fsp3) is 0.333. The average Bonchev–Trinajstić information content (AvgIpc) is 2.93. The van der Waals surface area contributed by atoms with Gasteiger partial charge in [-0.25, -0.2) is 0 Å². The van der Waals surface area contributed by atoms with Crippen LogP contribution in [0.5, 0.6) is 0 Å². The molecule has 2 aromatic rings. The summed E-state index contributed by atoms with van der Waals surface area (Å²) in [6.45, 7) is 4.12. The second-order valence-electron chi connectivity index (χ2n) is 6.07. The van der Waals surface area contributed by atoms with E-state index in [1.807, 2.05) is 36.4 Å². The normalized spacial score (nSPS) is 19.9. The second kappa shape index (κ2) is 10.7. The SMILES string of the molecule is C[C-]1C(C[N-]c2ccccc2)CCC1C[N-]c1ccccc1.[CH3-].[Zr+4]. The molecule has 3 rings (SSSR count). The van der Waals surface area contributed by atoms with Crippen molar-refractivity contribution in [3.8, 4) is 0 Å². The van der Waals surface area contributed by atoms with Crippen LogP contribution in [0.15, 0.2) is 60.7 Å². The van der Waals surface area contributed by atoms with Crippen LogP contribution in [0, 0.1) is 25.2 Å². The van der Waals surface area contributed by atoms with E-state index >= 15 is 0 Å². The van der Waals surface area contributed by atoms with Gasteiger partial charge in [-0.1, -0.05) is 73.5 Å². The molecule has 0 radical (unpaired) electrons. The van der Waals surface area contributed by atoms with Crippen molar-refractivity contribution in [1.82, 2.24) is 0 Å². The number of hydrogen-bond donors (Lipinski definition) is 0. The van der Waals surface area contributed by atoms with Crippen LogP contribution in [0.3, 0.4) is 0 Å². The first-order valence-electron chi connectivity index (χ1n) is 8.11. The maximum absolute atomic E-state index is 4.74. The molecular weight excluding hydrogens is 371 g/mol. The van der Waals surface area contributed by atoms with E-state index in [0.29, 0.717) is 11.8 Å². The molecule has 2 nitrogen and oxygen atoms in total. The predicted molar refractivity (Wildman–Crippen MR) is 100 cm³/mol. The van der Waals surface area contributed by atoms with Crippen LogP contribution >= 0.6 is 0 Å². The van der Waals surface area contributed by atoms with Gasteiger partial charge >= 0.3 is 26.2 Å². The summed E-state index contributed by atoms with van der Waals surface area (Å²) in [5, 5.41) is 9.48. The first kappa shape index (κ1) is 21.0. The molecular formula is C21H26N2Zr. The molecule has 124 valence electrons. The molecule has 2 unspecified atom stereocenters. The van der Waals surface area contributed by atoms with Crippen LogP contribution in [-0.4, -0.2) is 13.1 Å². The monoisotopic (exact) mass is 396 g/mol. The summed E-state index contributed by atoms with van der Waals surface area (Å²) in [5.74, 6) is 2.83. The number of nitrogens with zero attached hydrogens (tertiary/aromatic N) is 2. The minimum atomic E-state index is 0. The van der Waals surface area contributed by atoms with Crippen LogP contribution in [0.2, 0.25) is 0 Å². The van der Waals surface area contributed by atoms with Crippen molar-refractivity contribution < 1.29 is 26.2 Å². The average molecular weight is 398 g/mol. The summed E-state index contributed by atoms with van der Waals surface area (Å²) in [6, 6.07) is 20.6. The van der Waals surface area contributed by atoms with Gasteiger partial charge in [0.1, 0.15) is 0 Å². The molecule has 0 amide bonds. The van der Waals surface area contributed by atoms with Gasteiger partial charge in [0.25, 0.3) is 0 Å². The molecule has 24 heavy (non-hydrogen) atoms. The zero-order valence-electron chi connectivity index (χ0n) is 14.7. The fourth-order valence-electron chi connectivity index (χ4n) is 3.16. The van der Waals surface area contributed by atoms with Gasteiger partial charge in [0.2, 0.25) is 0 Å². The molecule has 0 bridgehead atoms. The van der Waals surface area contributed by atoms with E-state index in [0.717, 1.165) is 24.5 Å². The first-order valence-corrected chi connectivity index (χ1v) is 8.11. The van der Waals surface area contributed by atoms with Crippen molar-refractivity contribution in [1.29, 1.82) is 0 Å². The molecule has 0 N–H and O–H groups in total. The summed E-state index contributed by atoms with van der Waals surface area (Å²) >= 11 is 0.